The van der Waals surface area contributed by atoms with E-state index < -0.39 is 0 Å². The average molecular weight is 1350 g/mol. The summed E-state index contributed by atoms with van der Waals surface area (Å²) in [6.45, 7) is 0. The molecule has 0 fully saturated rings. The minimum Gasteiger partial charge on any atom is -0.307 e. The van der Waals surface area contributed by atoms with E-state index in [2.05, 4.69) is 355 Å². The Morgan fingerprint density at radius 2 is 0.538 bits per heavy atom. The third-order valence-corrected chi connectivity index (χ3v) is 21.7. The molecule has 0 bridgehead atoms. The molecule has 492 valence electrons. The minimum atomic E-state index is 0.538. The molecule has 106 heavy (non-hydrogen) atoms. The molecule has 3 heterocycles. The third kappa shape index (κ3) is 10.0. The van der Waals surface area contributed by atoms with Crippen LogP contribution in [0.15, 0.2) is 382 Å². The van der Waals surface area contributed by atoms with E-state index in [1.165, 1.54) is 87.2 Å². The molecule has 5 heteroatoms. The minimum absolute atomic E-state index is 0.538. The summed E-state index contributed by atoms with van der Waals surface area (Å²) in [7, 11) is 0. The topological polar surface area (TPSA) is 48.5 Å². The predicted octanol–water partition coefficient (Wildman–Crippen LogP) is 26.8. The van der Waals surface area contributed by atoms with Gasteiger partial charge in [0.05, 0.1) is 22.1 Å². The number of hydrogen-bond donors (Lipinski definition) is 0. The summed E-state index contributed by atoms with van der Waals surface area (Å²) in [5.74, 6) is 1.74. The average Bonchev–Trinajstić information content (AvgIpc) is 1.53. The largest absolute Gasteiger partial charge is 0.307 e. The standard InChI is InChI=1S/C101H63N5/c1-4-29-68(30-5-1)99-102-100(69-31-6-2-7-32-69)104-101(103-99)106-94-50-19-18-43-87(94)91-54-55-92-93-63-70(51-56-95(93)105(97(92)98(91)106)77-37-8-3-9-38-77)71-57-72(73-60-75(82-44-20-33-64-25-10-14-39-78(64)82)62-76(61-73)83-45-21-34-65-26-11-15-40-79(65)83)59-74(58-71)84-52-53-90(86-47-23-36-67-28-13-17-42-81(67)86)96-88(84)48-24-49-89(96)85-46-22-35-66-27-12-16-41-80(66)85/h1-63H. The predicted molar refractivity (Wildman–Crippen MR) is 445 cm³/mol. The van der Waals surface area contributed by atoms with Crippen molar-refractivity contribution in [3.63, 3.8) is 0 Å². The smallest absolute Gasteiger partial charge is 0.238 e. The first-order chi connectivity index (χ1) is 52.6. The van der Waals surface area contributed by atoms with Gasteiger partial charge in [-0.1, -0.05) is 315 Å². The molecule has 21 rings (SSSR count). The van der Waals surface area contributed by atoms with Gasteiger partial charge in [0.25, 0.3) is 0 Å². The molecule has 0 amide bonds. The second-order valence-corrected chi connectivity index (χ2v) is 27.7. The van der Waals surface area contributed by atoms with Crippen LogP contribution in [0.2, 0.25) is 0 Å². The Morgan fingerprint density at radius 3 is 1.08 bits per heavy atom. The van der Waals surface area contributed by atoms with E-state index >= 15 is 0 Å². The number of fused-ring (bicyclic) bond motifs is 12. The van der Waals surface area contributed by atoms with E-state index in [4.69, 9.17) is 15.0 Å². The maximum Gasteiger partial charge on any atom is 0.238 e. The fourth-order valence-corrected chi connectivity index (χ4v) is 16.9. The number of nitrogens with zero attached hydrogens (tertiary/aromatic N) is 5. The summed E-state index contributed by atoms with van der Waals surface area (Å²) in [5, 5.41) is 16.5. The van der Waals surface area contributed by atoms with Gasteiger partial charge in [-0.05, 0) is 198 Å². The van der Waals surface area contributed by atoms with Crippen LogP contribution in [-0.2, 0) is 0 Å². The van der Waals surface area contributed by atoms with Crippen molar-refractivity contribution in [3.05, 3.63) is 382 Å². The molecule has 18 aromatic carbocycles. The molecule has 3 aromatic heterocycles. The van der Waals surface area contributed by atoms with Crippen LogP contribution in [0.1, 0.15) is 0 Å². The summed E-state index contributed by atoms with van der Waals surface area (Å²) in [5.41, 5.74) is 23.1. The number of aromatic nitrogens is 5. The van der Waals surface area contributed by atoms with Crippen LogP contribution in [0.25, 0.3) is 210 Å². The molecule has 21 aromatic rings. The highest BCUT2D eigenvalue weighted by atomic mass is 15.2. The van der Waals surface area contributed by atoms with Gasteiger partial charge < -0.3 is 4.57 Å². The van der Waals surface area contributed by atoms with Gasteiger partial charge >= 0.3 is 0 Å². The zero-order valence-corrected chi connectivity index (χ0v) is 57.6. The Balaban J connectivity index is 0.850. The number of benzene rings is 18. The highest BCUT2D eigenvalue weighted by Gasteiger charge is 2.26. The first-order valence-electron chi connectivity index (χ1n) is 36.3. The van der Waals surface area contributed by atoms with Crippen molar-refractivity contribution < 1.29 is 0 Å². The highest BCUT2D eigenvalue weighted by Crippen LogP contribution is 2.49. The van der Waals surface area contributed by atoms with Gasteiger partial charge in [0, 0.05) is 38.4 Å². The summed E-state index contributed by atoms with van der Waals surface area (Å²) in [6, 6.07) is 140. The van der Waals surface area contributed by atoms with Gasteiger partial charge in [0.2, 0.25) is 5.95 Å². The van der Waals surface area contributed by atoms with Crippen LogP contribution in [-0.4, -0.2) is 24.1 Å². The lowest BCUT2D eigenvalue weighted by molar-refractivity contribution is 0.953. The molecule has 0 aliphatic heterocycles. The van der Waals surface area contributed by atoms with E-state index in [1.54, 1.807) is 0 Å². The van der Waals surface area contributed by atoms with Crippen LogP contribution in [0.4, 0.5) is 0 Å². The van der Waals surface area contributed by atoms with E-state index in [0.717, 1.165) is 105 Å². The molecule has 0 radical (unpaired) electrons. The lowest BCUT2D eigenvalue weighted by Gasteiger charge is -2.20. The van der Waals surface area contributed by atoms with Crippen molar-refractivity contribution in [2.24, 2.45) is 0 Å². The Morgan fingerprint density at radius 1 is 0.179 bits per heavy atom. The molecule has 0 atom stereocenters. The summed E-state index contributed by atoms with van der Waals surface area (Å²) in [4.78, 5) is 16.1. The molecular weight excluding hydrogens is 1280 g/mol. The van der Waals surface area contributed by atoms with Crippen molar-refractivity contribution in [1.82, 2.24) is 24.1 Å². The highest BCUT2D eigenvalue weighted by molar-refractivity contribution is 6.25. The van der Waals surface area contributed by atoms with Crippen molar-refractivity contribution >= 4 is 97.5 Å². The van der Waals surface area contributed by atoms with Gasteiger partial charge in [-0.2, -0.15) is 9.97 Å². The Bertz CT molecular complexity index is 6870. The second-order valence-electron chi connectivity index (χ2n) is 27.7. The van der Waals surface area contributed by atoms with Crippen LogP contribution in [0.3, 0.4) is 0 Å². The van der Waals surface area contributed by atoms with Gasteiger partial charge in [-0.3, -0.25) is 4.57 Å². The van der Waals surface area contributed by atoms with Crippen LogP contribution in [0.5, 0.6) is 0 Å². The van der Waals surface area contributed by atoms with Crippen molar-refractivity contribution in [2.45, 2.75) is 0 Å². The van der Waals surface area contributed by atoms with E-state index in [-0.39, 0.29) is 0 Å². The van der Waals surface area contributed by atoms with Crippen molar-refractivity contribution in [1.29, 1.82) is 0 Å². The number of para-hydroxylation sites is 2. The van der Waals surface area contributed by atoms with E-state index in [0.29, 0.717) is 17.6 Å². The fourth-order valence-electron chi connectivity index (χ4n) is 16.9. The molecule has 0 aliphatic rings. The Labute approximate surface area is 612 Å². The van der Waals surface area contributed by atoms with Crippen molar-refractivity contribution in [3.8, 4) is 112 Å². The summed E-state index contributed by atoms with van der Waals surface area (Å²) in [6.07, 6.45) is 0. The normalized spacial score (nSPS) is 11.8. The molecule has 0 N–H and O–H groups in total. The zero-order chi connectivity index (χ0) is 69.8. The SMILES string of the molecule is c1ccc(-c2nc(-c3ccccc3)nc(-n3c4ccccc4c4ccc5c6cc(-c7cc(-c8cc(-c9cccc%10ccccc9%10)cc(-c9cccc%10ccccc9%10)c8)cc(-c8ccc(-c9cccc%10ccccc9%10)c9c(-c%10cccc%11ccccc%10%11)cccc89)c7)ccc6n(-c6ccccc6)c5c43)n2)cc1. The molecule has 0 unspecified atom stereocenters. The van der Waals surface area contributed by atoms with Crippen LogP contribution < -0.4 is 0 Å². The molecule has 0 spiro atoms. The second kappa shape index (κ2) is 24.8. The first-order valence-corrected chi connectivity index (χ1v) is 36.3. The van der Waals surface area contributed by atoms with E-state index in [9.17, 15) is 0 Å². The number of hydrogen-bond acceptors (Lipinski definition) is 3. The van der Waals surface area contributed by atoms with Crippen LogP contribution in [0, 0.1) is 0 Å². The quantitative estimate of drug-likeness (QED) is 0.130. The monoisotopic (exact) mass is 1350 g/mol. The summed E-state index contributed by atoms with van der Waals surface area (Å²) < 4.78 is 4.74. The first kappa shape index (κ1) is 60.6. The maximum atomic E-state index is 5.44. The third-order valence-electron chi connectivity index (χ3n) is 21.7. The number of rotatable bonds is 11. The lowest BCUT2D eigenvalue weighted by atomic mass is 9.84. The lowest BCUT2D eigenvalue weighted by Crippen LogP contribution is -2.07. The van der Waals surface area contributed by atoms with Gasteiger partial charge in [0.1, 0.15) is 0 Å². The fraction of sp³-hybridized carbons (Fsp3) is 0. The van der Waals surface area contributed by atoms with Gasteiger partial charge in [-0.25, -0.2) is 4.98 Å². The molecule has 0 saturated carbocycles. The van der Waals surface area contributed by atoms with Gasteiger partial charge in [0.15, 0.2) is 11.6 Å². The molecule has 0 saturated heterocycles. The Kier molecular flexibility index (Phi) is 14.2. The van der Waals surface area contributed by atoms with E-state index in [1.807, 2.05) is 36.4 Å². The Hall–Kier alpha value is -14.1. The summed E-state index contributed by atoms with van der Waals surface area (Å²) >= 11 is 0. The molecular formula is C101H63N5. The molecule has 0 aliphatic carbocycles. The van der Waals surface area contributed by atoms with Crippen molar-refractivity contribution in [2.75, 3.05) is 0 Å². The van der Waals surface area contributed by atoms with Gasteiger partial charge in [-0.15, -0.1) is 0 Å². The maximum absolute atomic E-state index is 5.44. The van der Waals surface area contributed by atoms with Crippen LogP contribution >= 0.6 is 0 Å². The molecule has 5 nitrogen and oxygen atoms in total. The zero-order valence-electron chi connectivity index (χ0n) is 57.6.